The molecule has 38 heavy (non-hydrogen) atoms. The Morgan fingerprint density at radius 3 is 2.08 bits per heavy atom. The first-order chi connectivity index (χ1) is 18.0. The lowest BCUT2D eigenvalue weighted by atomic mass is 9.91. The van der Waals surface area contributed by atoms with Gasteiger partial charge in [-0.15, -0.1) is 0 Å². The fourth-order valence-corrected chi connectivity index (χ4v) is 4.35. The molecule has 0 saturated heterocycles. The van der Waals surface area contributed by atoms with Gasteiger partial charge in [0.1, 0.15) is 12.1 Å². The Morgan fingerprint density at radius 1 is 0.868 bits per heavy atom. The monoisotopic (exact) mass is 534 g/mol. The van der Waals surface area contributed by atoms with Crippen LogP contribution in [0.3, 0.4) is 0 Å². The molecule has 3 N–H and O–H groups in total. The van der Waals surface area contributed by atoms with Gasteiger partial charge in [0, 0.05) is 5.92 Å². The first-order valence-electron chi connectivity index (χ1n) is 15.1. The molecule has 0 radical (unpaired) electrons. The predicted octanol–water partition coefficient (Wildman–Crippen LogP) is 7.21. The number of hydrogen-bond donors (Lipinski definition) is 2. The Balaban J connectivity index is 4.71. The lowest BCUT2D eigenvalue weighted by Gasteiger charge is -2.26. The molecule has 0 aromatic heterocycles. The van der Waals surface area contributed by atoms with Gasteiger partial charge in [-0.25, -0.2) is 4.79 Å². The number of ketones is 1. The molecule has 2 unspecified atom stereocenters. The standard InChI is InChI=1S/C32H58N2O4/c1-7-9-11-13-14-15-16-17-19-21-23-27(22-20-18-12-10-8-2)29(35)25-38-31(37)32(5,6)34-30(36)28(33)24-26(3)4/h9,11,14-15,26-28H,7-8,10,12-13,16-25,33H2,1-6H3,(H,34,36). The number of ether oxygens (including phenoxy) is 1. The summed E-state index contributed by atoms with van der Waals surface area (Å²) in [4.78, 5) is 38.1. The third kappa shape index (κ3) is 18.3. The van der Waals surface area contributed by atoms with Crippen molar-refractivity contribution in [1.29, 1.82) is 0 Å². The first-order valence-corrected chi connectivity index (χ1v) is 15.1. The zero-order chi connectivity index (χ0) is 28.8. The van der Waals surface area contributed by atoms with Gasteiger partial charge in [0.05, 0.1) is 6.04 Å². The van der Waals surface area contributed by atoms with E-state index < -0.39 is 17.6 Å². The van der Waals surface area contributed by atoms with E-state index in [1.165, 1.54) is 19.3 Å². The van der Waals surface area contributed by atoms with Crippen LogP contribution in [0.15, 0.2) is 24.3 Å². The van der Waals surface area contributed by atoms with E-state index in [1.807, 2.05) is 13.8 Å². The van der Waals surface area contributed by atoms with E-state index in [9.17, 15) is 14.4 Å². The van der Waals surface area contributed by atoms with E-state index in [0.29, 0.717) is 6.42 Å². The van der Waals surface area contributed by atoms with Crippen molar-refractivity contribution in [2.75, 3.05) is 6.61 Å². The fourth-order valence-electron chi connectivity index (χ4n) is 4.35. The Kier molecular flexibility index (Phi) is 20.8. The van der Waals surface area contributed by atoms with Gasteiger partial charge in [0.25, 0.3) is 0 Å². The Morgan fingerprint density at radius 2 is 1.47 bits per heavy atom. The molecule has 0 aromatic rings. The number of carbonyl (C=O) groups excluding carboxylic acids is 3. The smallest absolute Gasteiger partial charge is 0.331 e. The predicted molar refractivity (Wildman–Crippen MR) is 159 cm³/mol. The number of Topliss-reactive ketones (excluding diaryl/α,β-unsaturated/α-hetero) is 1. The van der Waals surface area contributed by atoms with Gasteiger partial charge < -0.3 is 15.8 Å². The molecule has 0 bridgehead atoms. The van der Waals surface area contributed by atoms with Crippen LogP contribution in [0.4, 0.5) is 0 Å². The van der Waals surface area contributed by atoms with Crippen molar-refractivity contribution in [2.45, 2.75) is 143 Å². The first kappa shape index (κ1) is 36.0. The van der Waals surface area contributed by atoms with Gasteiger partial charge in [-0.1, -0.05) is 96.9 Å². The van der Waals surface area contributed by atoms with Crippen LogP contribution in [0.25, 0.3) is 0 Å². The van der Waals surface area contributed by atoms with Gasteiger partial charge in [0.2, 0.25) is 5.91 Å². The Labute approximate surface area is 233 Å². The molecule has 2 atom stereocenters. The van der Waals surface area contributed by atoms with Crippen LogP contribution >= 0.6 is 0 Å². The summed E-state index contributed by atoms with van der Waals surface area (Å²) in [5, 5.41) is 2.68. The maximum absolute atomic E-state index is 13.0. The summed E-state index contributed by atoms with van der Waals surface area (Å²) in [7, 11) is 0. The fraction of sp³-hybridized carbons (Fsp3) is 0.781. The molecule has 0 aliphatic carbocycles. The third-order valence-electron chi connectivity index (χ3n) is 6.73. The lowest BCUT2D eigenvalue weighted by Crippen LogP contribution is -2.55. The summed E-state index contributed by atoms with van der Waals surface area (Å²) in [6.45, 7) is 11.2. The number of esters is 1. The van der Waals surface area contributed by atoms with E-state index >= 15 is 0 Å². The number of hydrogen-bond acceptors (Lipinski definition) is 5. The SMILES string of the molecule is CCC=CCC=CCCCCCC(CCCCCCC)C(=O)COC(=O)C(C)(C)NC(=O)C(N)CC(C)C. The van der Waals surface area contributed by atoms with Crippen molar-refractivity contribution < 1.29 is 19.1 Å². The molecule has 0 aliphatic heterocycles. The molecule has 220 valence electrons. The second-order valence-corrected chi connectivity index (χ2v) is 11.5. The molecular formula is C32H58N2O4. The van der Waals surface area contributed by atoms with E-state index in [1.54, 1.807) is 13.8 Å². The molecule has 6 heteroatoms. The number of unbranched alkanes of at least 4 members (excludes halogenated alkanes) is 7. The molecule has 0 aliphatic rings. The minimum atomic E-state index is -1.25. The maximum Gasteiger partial charge on any atom is 0.331 e. The van der Waals surface area contributed by atoms with E-state index in [2.05, 4.69) is 43.5 Å². The quantitative estimate of drug-likeness (QED) is 0.0820. The van der Waals surface area contributed by atoms with E-state index in [0.717, 1.165) is 64.2 Å². The highest BCUT2D eigenvalue weighted by Gasteiger charge is 2.33. The Bertz CT molecular complexity index is 712. The second kappa shape index (κ2) is 21.9. The van der Waals surface area contributed by atoms with Crippen LogP contribution in [-0.2, 0) is 19.1 Å². The molecule has 1 amide bonds. The van der Waals surface area contributed by atoms with Crippen LogP contribution in [0.2, 0.25) is 0 Å². The molecular weight excluding hydrogens is 476 g/mol. The summed E-state index contributed by atoms with van der Waals surface area (Å²) in [6.07, 6.45) is 23.1. The molecule has 0 heterocycles. The van der Waals surface area contributed by atoms with Crippen molar-refractivity contribution in [2.24, 2.45) is 17.6 Å². The highest BCUT2D eigenvalue weighted by atomic mass is 16.5. The third-order valence-corrected chi connectivity index (χ3v) is 6.73. The van der Waals surface area contributed by atoms with Crippen LogP contribution < -0.4 is 11.1 Å². The van der Waals surface area contributed by atoms with Crippen LogP contribution in [0, 0.1) is 11.8 Å². The van der Waals surface area contributed by atoms with Crippen molar-refractivity contribution in [1.82, 2.24) is 5.32 Å². The molecule has 0 fully saturated rings. The molecule has 0 saturated carbocycles. The number of amides is 1. The molecule has 0 spiro atoms. The Hall–Kier alpha value is -1.95. The highest BCUT2D eigenvalue weighted by molar-refractivity contribution is 5.91. The number of carbonyl (C=O) groups is 3. The number of rotatable bonds is 23. The highest BCUT2D eigenvalue weighted by Crippen LogP contribution is 2.20. The molecule has 6 nitrogen and oxygen atoms in total. The van der Waals surface area contributed by atoms with Crippen LogP contribution in [0.1, 0.15) is 131 Å². The van der Waals surface area contributed by atoms with Gasteiger partial charge in [-0.2, -0.15) is 0 Å². The minimum absolute atomic E-state index is 0.0184. The van der Waals surface area contributed by atoms with Crippen molar-refractivity contribution in [3.8, 4) is 0 Å². The summed E-state index contributed by atoms with van der Waals surface area (Å²) < 4.78 is 5.40. The lowest BCUT2D eigenvalue weighted by molar-refractivity contribution is -0.156. The zero-order valence-corrected chi connectivity index (χ0v) is 25.4. The van der Waals surface area contributed by atoms with Crippen molar-refractivity contribution in [3.05, 3.63) is 24.3 Å². The minimum Gasteiger partial charge on any atom is -0.456 e. The van der Waals surface area contributed by atoms with E-state index in [4.69, 9.17) is 10.5 Å². The van der Waals surface area contributed by atoms with Gasteiger partial charge >= 0.3 is 5.97 Å². The van der Waals surface area contributed by atoms with Crippen LogP contribution in [0.5, 0.6) is 0 Å². The number of nitrogens with two attached hydrogens (primary N) is 1. The normalized spacial score (nSPS) is 13.8. The summed E-state index contributed by atoms with van der Waals surface area (Å²) in [5.74, 6) is -0.833. The van der Waals surface area contributed by atoms with Gasteiger partial charge in [0.15, 0.2) is 5.78 Å². The second-order valence-electron chi connectivity index (χ2n) is 11.5. The summed E-state index contributed by atoms with van der Waals surface area (Å²) >= 11 is 0. The maximum atomic E-state index is 13.0. The summed E-state index contributed by atoms with van der Waals surface area (Å²) in [5.41, 5.74) is 4.70. The average molecular weight is 535 g/mol. The number of allylic oxidation sites excluding steroid dienone is 4. The molecule has 0 aromatic carbocycles. The van der Waals surface area contributed by atoms with Gasteiger partial charge in [-0.05, 0) is 64.7 Å². The largest absolute Gasteiger partial charge is 0.456 e. The van der Waals surface area contributed by atoms with Crippen molar-refractivity contribution >= 4 is 17.7 Å². The van der Waals surface area contributed by atoms with Crippen LogP contribution in [-0.4, -0.2) is 35.8 Å². The topological polar surface area (TPSA) is 98.5 Å². The number of nitrogens with one attached hydrogen (secondary N) is 1. The van der Waals surface area contributed by atoms with Crippen molar-refractivity contribution in [3.63, 3.8) is 0 Å². The summed E-state index contributed by atoms with van der Waals surface area (Å²) in [6, 6.07) is -0.686. The zero-order valence-electron chi connectivity index (χ0n) is 25.4. The molecule has 0 rings (SSSR count). The van der Waals surface area contributed by atoms with E-state index in [-0.39, 0.29) is 30.1 Å². The average Bonchev–Trinajstić information content (AvgIpc) is 2.85. The van der Waals surface area contributed by atoms with Gasteiger partial charge in [-0.3, -0.25) is 9.59 Å².